The molecule has 0 bridgehead atoms. The van der Waals surface area contributed by atoms with E-state index < -0.39 is 20.7 Å². The van der Waals surface area contributed by atoms with Crippen molar-refractivity contribution in [2.24, 2.45) is 0 Å². The van der Waals surface area contributed by atoms with E-state index in [4.69, 9.17) is 23.2 Å². The molecule has 2 aromatic heterocycles. The van der Waals surface area contributed by atoms with Gasteiger partial charge in [-0.05, 0) is 57.4 Å². The van der Waals surface area contributed by atoms with E-state index in [0.717, 1.165) is 29.8 Å². The van der Waals surface area contributed by atoms with Gasteiger partial charge < -0.3 is 10.2 Å². The lowest BCUT2D eigenvalue weighted by molar-refractivity contribution is 0.425. The van der Waals surface area contributed by atoms with Gasteiger partial charge in [0.25, 0.3) is 10.0 Å². The molecule has 0 saturated heterocycles. The average Bonchev–Trinajstić information content (AvgIpc) is 3.17. The smallest absolute Gasteiger partial charge is 0.264 e. The minimum absolute atomic E-state index is 0.0672. The molecule has 0 spiro atoms. The molecule has 4 aromatic rings. The van der Waals surface area contributed by atoms with Crippen LogP contribution in [0.1, 0.15) is 5.69 Å². The van der Waals surface area contributed by atoms with E-state index >= 15 is 0 Å². The molecular weight excluding hydrogens is 516 g/mol. The molecule has 3 N–H and O–H groups in total. The van der Waals surface area contributed by atoms with E-state index in [1.165, 1.54) is 18.2 Å². The molecule has 4 rings (SSSR count). The molecule has 0 aliphatic rings. The highest BCUT2D eigenvalue weighted by Gasteiger charge is 2.21. The van der Waals surface area contributed by atoms with Gasteiger partial charge in [-0.2, -0.15) is 5.10 Å². The van der Waals surface area contributed by atoms with Crippen molar-refractivity contribution in [3.8, 4) is 11.4 Å². The summed E-state index contributed by atoms with van der Waals surface area (Å²) in [6, 6.07) is 7.88. The normalized spacial score (nSPS) is 11.9. The van der Waals surface area contributed by atoms with Crippen molar-refractivity contribution < 1.29 is 12.8 Å². The van der Waals surface area contributed by atoms with Crippen LogP contribution >= 0.6 is 23.2 Å². The highest BCUT2D eigenvalue weighted by atomic mass is 35.5. The summed E-state index contributed by atoms with van der Waals surface area (Å²) < 4.78 is 41.8. The topological polar surface area (TPSA) is 116 Å². The lowest BCUT2D eigenvalue weighted by Crippen LogP contribution is -2.21. The molecule has 2 heterocycles. The highest BCUT2D eigenvalue weighted by Crippen LogP contribution is 2.32. The first-order valence-electron chi connectivity index (χ1n) is 10.4. The van der Waals surface area contributed by atoms with Crippen molar-refractivity contribution in [3.63, 3.8) is 0 Å². The summed E-state index contributed by atoms with van der Waals surface area (Å²) in [5, 5.41) is 11.4. The molecule has 9 nitrogen and oxygen atoms in total. The minimum atomic E-state index is -4.27. The molecule has 13 heteroatoms. The van der Waals surface area contributed by atoms with Crippen molar-refractivity contribution in [2.75, 3.05) is 37.2 Å². The summed E-state index contributed by atoms with van der Waals surface area (Å²) in [5.41, 5.74) is 1.93. The van der Waals surface area contributed by atoms with Crippen molar-refractivity contribution in [1.29, 1.82) is 0 Å². The van der Waals surface area contributed by atoms with Crippen molar-refractivity contribution in [2.45, 2.75) is 11.8 Å². The van der Waals surface area contributed by atoms with Crippen LogP contribution in [0, 0.1) is 12.7 Å². The molecule has 0 amide bonds. The number of hydrogen-bond acceptors (Lipinski definition) is 7. The molecule has 0 fully saturated rings. The first-order chi connectivity index (χ1) is 16.5. The molecule has 0 aliphatic carbocycles. The number of aromatic nitrogens is 4. The van der Waals surface area contributed by atoms with Gasteiger partial charge in [0, 0.05) is 23.7 Å². The van der Waals surface area contributed by atoms with Gasteiger partial charge in [-0.3, -0.25) is 9.82 Å². The van der Waals surface area contributed by atoms with Crippen molar-refractivity contribution >= 4 is 55.8 Å². The van der Waals surface area contributed by atoms with E-state index in [-0.39, 0.29) is 15.7 Å². The third kappa shape index (κ3) is 5.48. The zero-order valence-electron chi connectivity index (χ0n) is 19.0. The summed E-state index contributed by atoms with van der Waals surface area (Å²) in [7, 11) is -0.316. The molecule has 0 saturated carbocycles. The van der Waals surface area contributed by atoms with Gasteiger partial charge in [0.15, 0.2) is 11.5 Å². The number of anilines is 2. The van der Waals surface area contributed by atoms with E-state index in [9.17, 15) is 12.8 Å². The first-order valence-corrected chi connectivity index (χ1v) is 12.7. The lowest BCUT2D eigenvalue weighted by Gasteiger charge is -2.13. The number of hydrogen-bond donors (Lipinski definition) is 3. The Morgan fingerprint density at radius 2 is 1.89 bits per heavy atom. The lowest BCUT2D eigenvalue weighted by atomic mass is 10.2. The van der Waals surface area contributed by atoms with Crippen LogP contribution < -0.4 is 10.0 Å². The number of likely N-dealkylation sites (N-methyl/N-ethyl adjacent to an activating group) is 1. The summed E-state index contributed by atoms with van der Waals surface area (Å²) >= 11 is 12.2. The summed E-state index contributed by atoms with van der Waals surface area (Å²) in [5.74, 6) is 0.0571. The average molecular weight is 538 g/mol. The van der Waals surface area contributed by atoms with Crippen LogP contribution in [-0.2, 0) is 10.0 Å². The SMILES string of the molecule is Cc1n[nH]c2nc(-c3ccc(NS(=O)(=O)c4cc(Cl)ccc4F)c(Cl)c3)nc(NCCN(C)C)c12. The van der Waals surface area contributed by atoms with Crippen LogP contribution in [0.3, 0.4) is 0 Å². The van der Waals surface area contributed by atoms with E-state index in [1.54, 1.807) is 6.07 Å². The van der Waals surface area contributed by atoms with Gasteiger partial charge in [-0.25, -0.2) is 22.8 Å². The van der Waals surface area contributed by atoms with Gasteiger partial charge in [-0.15, -0.1) is 0 Å². The maximum absolute atomic E-state index is 14.1. The van der Waals surface area contributed by atoms with Crippen molar-refractivity contribution in [3.05, 3.63) is 58.0 Å². The van der Waals surface area contributed by atoms with Crippen LogP contribution in [0.25, 0.3) is 22.4 Å². The third-order valence-corrected chi connectivity index (χ3v) is 7.03. The maximum atomic E-state index is 14.1. The van der Waals surface area contributed by atoms with Crippen LogP contribution in [0.5, 0.6) is 0 Å². The number of nitrogens with one attached hydrogen (secondary N) is 3. The Hall–Kier alpha value is -2.99. The fourth-order valence-electron chi connectivity index (χ4n) is 3.35. The number of benzene rings is 2. The number of fused-ring (bicyclic) bond motifs is 1. The second kappa shape index (κ2) is 9.94. The summed E-state index contributed by atoms with van der Waals surface area (Å²) in [6.45, 7) is 3.32. The second-order valence-electron chi connectivity index (χ2n) is 8.03. The predicted molar refractivity (Wildman–Crippen MR) is 136 cm³/mol. The standard InChI is InChI=1S/C22H22Cl2FN7O2S/c1-12-19-21(26-8-9-32(2)3)27-20(28-22(19)30-29-12)13-4-7-17(15(24)10-13)31-35(33,34)18-11-14(23)5-6-16(18)25/h4-7,10-11,31H,8-9H2,1-3H3,(H2,26,27,28,29,30). The Kier molecular flexibility index (Phi) is 7.13. The van der Waals surface area contributed by atoms with Crippen LogP contribution in [-0.4, -0.2) is 60.7 Å². The molecule has 0 aliphatic heterocycles. The molecule has 0 atom stereocenters. The fraction of sp³-hybridized carbons (Fsp3) is 0.227. The van der Waals surface area contributed by atoms with Gasteiger partial charge in [0.2, 0.25) is 0 Å². The first kappa shape index (κ1) is 25.1. The number of nitrogens with zero attached hydrogens (tertiary/aromatic N) is 4. The Morgan fingerprint density at radius 3 is 2.60 bits per heavy atom. The number of halogens is 3. The Balaban J connectivity index is 1.66. The zero-order valence-corrected chi connectivity index (χ0v) is 21.4. The number of rotatable bonds is 8. The largest absolute Gasteiger partial charge is 0.368 e. The van der Waals surface area contributed by atoms with Crippen LogP contribution in [0.15, 0.2) is 41.3 Å². The van der Waals surface area contributed by atoms with Gasteiger partial charge >= 0.3 is 0 Å². The summed E-state index contributed by atoms with van der Waals surface area (Å²) in [4.78, 5) is 10.7. The number of aromatic amines is 1. The second-order valence-corrected chi connectivity index (χ2v) is 10.5. The Morgan fingerprint density at radius 1 is 1.11 bits per heavy atom. The number of H-pyrrole nitrogens is 1. The Bertz CT molecular complexity index is 1510. The van der Waals surface area contributed by atoms with E-state index in [0.29, 0.717) is 29.4 Å². The molecule has 184 valence electrons. The molecular formula is C22H22Cl2FN7O2S. The maximum Gasteiger partial charge on any atom is 0.264 e. The number of aryl methyl sites for hydroxylation is 1. The predicted octanol–water partition coefficient (Wildman–Crippen LogP) is 4.55. The molecule has 0 radical (unpaired) electrons. The monoisotopic (exact) mass is 537 g/mol. The Labute approximate surface area is 211 Å². The van der Waals surface area contributed by atoms with Gasteiger partial charge in [0.1, 0.15) is 16.5 Å². The van der Waals surface area contributed by atoms with E-state index in [1.807, 2.05) is 25.9 Å². The molecule has 2 aromatic carbocycles. The van der Waals surface area contributed by atoms with Gasteiger partial charge in [0.05, 0.1) is 21.8 Å². The number of sulfonamides is 1. The quantitative estimate of drug-likeness (QED) is 0.302. The van der Waals surface area contributed by atoms with E-state index in [2.05, 4.69) is 30.2 Å². The fourth-order valence-corrected chi connectivity index (χ4v) is 5.06. The van der Waals surface area contributed by atoms with Crippen molar-refractivity contribution in [1.82, 2.24) is 25.1 Å². The van der Waals surface area contributed by atoms with Crippen LogP contribution in [0.2, 0.25) is 10.0 Å². The minimum Gasteiger partial charge on any atom is -0.368 e. The molecule has 35 heavy (non-hydrogen) atoms. The summed E-state index contributed by atoms with van der Waals surface area (Å²) in [6.07, 6.45) is 0. The van der Waals surface area contributed by atoms with Crippen LogP contribution in [0.4, 0.5) is 15.9 Å². The van der Waals surface area contributed by atoms with Gasteiger partial charge in [-0.1, -0.05) is 23.2 Å². The molecule has 0 unspecified atom stereocenters. The third-order valence-electron chi connectivity index (χ3n) is 5.11. The zero-order chi connectivity index (χ0) is 25.3. The highest BCUT2D eigenvalue weighted by molar-refractivity contribution is 7.92.